The molecule has 0 aliphatic rings. The minimum Gasteiger partial charge on any atom is -0.480 e. The molecule has 14 heavy (non-hydrogen) atoms. The number of carboxylic acids is 1. The Labute approximate surface area is 84.7 Å². The minimum atomic E-state index is -0.995. The predicted octanol–water partition coefficient (Wildman–Crippen LogP) is 1.40. The summed E-state index contributed by atoms with van der Waals surface area (Å²) in [6.45, 7) is 3.77. The highest BCUT2D eigenvalue weighted by Crippen LogP contribution is 2.13. The zero-order valence-corrected chi connectivity index (χ0v) is 8.88. The van der Waals surface area contributed by atoms with Crippen molar-refractivity contribution in [2.45, 2.75) is 39.5 Å². The molecule has 4 nitrogen and oxygen atoms in total. The second-order valence-corrected chi connectivity index (χ2v) is 3.39. The molecule has 4 heteroatoms. The van der Waals surface area contributed by atoms with Gasteiger partial charge in [-0.1, -0.05) is 26.7 Å². The fraction of sp³-hybridized carbons (Fsp3) is 0.800. The topological polar surface area (TPSA) is 66.4 Å². The van der Waals surface area contributed by atoms with Crippen molar-refractivity contribution in [3.05, 3.63) is 0 Å². The molecule has 0 rings (SSSR count). The van der Waals surface area contributed by atoms with Gasteiger partial charge in [0, 0.05) is 5.92 Å². The zero-order chi connectivity index (χ0) is 11.0. The first-order chi connectivity index (χ1) is 6.61. The van der Waals surface area contributed by atoms with E-state index < -0.39 is 5.97 Å². The molecule has 0 aromatic heterocycles. The highest BCUT2D eigenvalue weighted by atomic mass is 16.4. The molecule has 0 unspecified atom stereocenters. The maximum absolute atomic E-state index is 11.5. The number of aliphatic carboxylic acids is 1. The number of rotatable bonds is 7. The molecular formula is C10H19NO3. The van der Waals surface area contributed by atoms with E-state index >= 15 is 0 Å². The number of hydrogen-bond acceptors (Lipinski definition) is 2. The first kappa shape index (κ1) is 12.9. The van der Waals surface area contributed by atoms with Crippen LogP contribution in [-0.2, 0) is 9.59 Å². The fourth-order valence-corrected chi connectivity index (χ4v) is 1.41. The highest BCUT2D eigenvalue weighted by molar-refractivity contribution is 5.82. The van der Waals surface area contributed by atoms with Crippen molar-refractivity contribution < 1.29 is 14.7 Å². The quantitative estimate of drug-likeness (QED) is 0.654. The van der Waals surface area contributed by atoms with Crippen molar-refractivity contribution >= 4 is 11.9 Å². The smallest absolute Gasteiger partial charge is 0.322 e. The summed E-state index contributed by atoms with van der Waals surface area (Å²) in [6, 6.07) is 0. The van der Waals surface area contributed by atoms with Gasteiger partial charge in [-0.05, 0) is 12.8 Å². The molecule has 82 valence electrons. The normalized spacial score (nSPS) is 10.2. The molecule has 0 aliphatic carbocycles. The van der Waals surface area contributed by atoms with Crippen LogP contribution in [0.15, 0.2) is 0 Å². The molecule has 2 N–H and O–H groups in total. The summed E-state index contributed by atoms with van der Waals surface area (Å²) in [4.78, 5) is 21.7. The third-order valence-electron chi connectivity index (χ3n) is 2.06. The summed E-state index contributed by atoms with van der Waals surface area (Å²) in [5.41, 5.74) is 0. The number of amides is 1. The second kappa shape index (κ2) is 7.35. The molecule has 0 aromatic carbocycles. The molecule has 0 bridgehead atoms. The lowest BCUT2D eigenvalue weighted by Gasteiger charge is -2.13. The summed E-state index contributed by atoms with van der Waals surface area (Å²) in [6.07, 6.45) is 3.56. The molecule has 0 aromatic rings. The van der Waals surface area contributed by atoms with Crippen molar-refractivity contribution in [1.82, 2.24) is 5.32 Å². The van der Waals surface area contributed by atoms with Crippen molar-refractivity contribution in [1.29, 1.82) is 0 Å². The minimum absolute atomic E-state index is 0.0238. The summed E-state index contributed by atoms with van der Waals surface area (Å²) >= 11 is 0. The Morgan fingerprint density at radius 3 is 2.07 bits per heavy atom. The van der Waals surface area contributed by atoms with Gasteiger partial charge < -0.3 is 10.4 Å². The maximum Gasteiger partial charge on any atom is 0.322 e. The van der Waals surface area contributed by atoms with E-state index in [1.807, 2.05) is 13.8 Å². The van der Waals surface area contributed by atoms with Crippen LogP contribution in [0.3, 0.4) is 0 Å². The molecular weight excluding hydrogens is 182 g/mol. The summed E-state index contributed by atoms with van der Waals surface area (Å²) in [5.74, 6) is -1.15. The largest absolute Gasteiger partial charge is 0.480 e. The van der Waals surface area contributed by atoms with Crippen molar-refractivity contribution in [2.75, 3.05) is 6.54 Å². The van der Waals surface area contributed by atoms with Gasteiger partial charge in [-0.3, -0.25) is 9.59 Å². The van der Waals surface area contributed by atoms with Crippen LogP contribution >= 0.6 is 0 Å². The van der Waals surface area contributed by atoms with E-state index in [1.54, 1.807) is 0 Å². The predicted molar refractivity (Wildman–Crippen MR) is 54.0 cm³/mol. The zero-order valence-electron chi connectivity index (χ0n) is 8.88. The molecule has 1 amide bonds. The Morgan fingerprint density at radius 1 is 1.21 bits per heavy atom. The Morgan fingerprint density at radius 2 is 1.71 bits per heavy atom. The van der Waals surface area contributed by atoms with E-state index in [4.69, 9.17) is 5.11 Å². The summed E-state index contributed by atoms with van der Waals surface area (Å²) < 4.78 is 0. The lowest BCUT2D eigenvalue weighted by atomic mass is 9.97. The van der Waals surface area contributed by atoms with Gasteiger partial charge in [0.05, 0.1) is 0 Å². The molecule has 0 saturated carbocycles. The molecule has 0 heterocycles. The van der Waals surface area contributed by atoms with Crippen molar-refractivity contribution in [2.24, 2.45) is 5.92 Å². The van der Waals surface area contributed by atoms with E-state index in [2.05, 4.69) is 5.32 Å². The van der Waals surface area contributed by atoms with Crippen molar-refractivity contribution in [3.63, 3.8) is 0 Å². The van der Waals surface area contributed by atoms with Crippen molar-refractivity contribution in [3.8, 4) is 0 Å². The first-order valence-corrected chi connectivity index (χ1v) is 5.11. The third-order valence-corrected chi connectivity index (χ3v) is 2.06. The maximum atomic E-state index is 11.5. The van der Waals surface area contributed by atoms with E-state index in [9.17, 15) is 9.59 Å². The van der Waals surface area contributed by atoms with E-state index in [1.165, 1.54) is 0 Å². The van der Waals surface area contributed by atoms with Gasteiger partial charge >= 0.3 is 5.97 Å². The molecule has 0 saturated heterocycles. The molecule has 0 spiro atoms. The monoisotopic (exact) mass is 201 g/mol. The Hall–Kier alpha value is -1.06. The van der Waals surface area contributed by atoms with Gasteiger partial charge in [-0.2, -0.15) is 0 Å². The average molecular weight is 201 g/mol. The van der Waals surface area contributed by atoms with Crippen LogP contribution in [0.4, 0.5) is 0 Å². The molecule has 0 fully saturated rings. The van der Waals surface area contributed by atoms with Crippen LogP contribution in [0, 0.1) is 5.92 Å². The summed E-state index contributed by atoms with van der Waals surface area (Å²) in [7, 11) is 0. The Balaban J connectivity index is 3.94. The molecule has 0 atom stereocenters. The number of hydrogen-bond donors (Lipinski definition) is 2. The summed E-state index contributed by atoms with van der Waals surface area (Å²) in [5, 5.41) is 10.8. The van der Waals surface area contributed by atoms with E-state index in [-0.39, 0.29) is 18.4 Å². The van der Waals surface area contributed by atoms with Gasteiger partial charge in [-0.25, -0.2) is 0 Å². The van der Waals surface area contributed by atoms with Crippen LogP contribution in [0.1, 0.15) is 39.5 Å². The van der Waals surface area contributed by atoms with Crippen LogP contribution in [0.5, 0.6) is 0 Å². The number of carbonyl (C=O) groups is 2. The van der Waals surface area contributed by atoms with Gasteiger partial charge in [0.2, 0.25) is 5.91 Å². The average Bonchev–Trinajstić information content (AvgIpc) is 2.14. The Kier molecular flexibility index (Phi) is 6.80. The second-order valence-electron chi connectivity index (χ2n) is 3.39. The van der Waals surface area contributed by atoms with Gasteiger partial charge in [0.1, 0.15) is 6.54 Å². The third kappa shape index (κ3) is 5.56. The van der Waals surface area contributed by atoms with Crippen LogP contribution < -0.4 is 5.32 Å². The lowest BCUT2D eigenvalue weighted by Crippen LogP contribution is -2.34. The number of carboxylic acid groups (broad SMARTS) is 1. The highest BCUT2D eigenvalue weighted by Gasteiger charge is 2.16. The standard InChI is InChI=1S/C10H19NO3/c1-3-5-8(6-4-2)10(14)11-7-9(12)13/h8H,3-7H2,1-2H3,(H,11,14)(H,12,13). The van der Waals surface area contributed by atoms with Gasteiger partial charge in [0.15, 0.2) is 0 Å². The Bertz CT molecular complexity index is 186. The number of carbonyl (C=O) groups excluding carboxylic acids is 1. The number of nitrogens with one attached hydrogen (secondary N) is 1. The fourth-order valence-electron chi connectivity index (χ4n) is 1.41. The lowest BCUT2D eigenvalue weighted by molar-refractivity contribution is -0.138. The van der Waals surface area contributed by atoms with Crippen LogP contribution in [0.2, 0.25) is 0 Å². The SMILES string of the molecule is CCCC(CCC)C(=O)NCC(=O)O. The van der Waals surface area contributed by atoms with E-state index in [0.29, 0.717) is 0 Å². The van der Waals surface area contributed by atoms with E-state index in [0.717, 1.165) is 25.7 Å². The molecule has 0 radical (unpaired) electrons. The molecule has 0 aliphatic heterocycles. The van der Waals surface area contributed by atoms with Crippen LogP contribution in [-0.4, -0.2) is 23.5 Å². The van der Waals surface area contributed by atoms with Crippen LogP contribution in [0.25, 0.3) is 0 Å². The van der Waals surface area contributed by atoms with Gasteiger partial charge in [0.25, 0.3) is 0 Å². The van der Waals surface area contributed by atoms with Gasteiger partial charge in [-0.15, -0.1) is 0 Å². The first-order valence-electron chi connectivity index (χ1n) is 5.11.